The van der Waals surface area contributed by atoms with Crippen LogP contribution in [0.2, 0.25) is 0 Å². The molecule has 0 saturated carbocycles. The molecule has 2 aromatic carbocycles. The van der Waals surface area contributed by atoms with Gasteiger partial charge in [-0.2, -0.15) is 0 Å². The maximum absolute atomic E-state index is 12.5. The number of benzene rings is 2. The molecule has 0 radical (unpaired) electrons. The number of amidine groups is 1. The summed E-state index contributed by atoms with van der Waals surface area (Å²) in [6, 6.07) is 10.9. The molecule has 7 heteroatoms. The first kappa shape index (κ1) is 19.4. The fourth-order valence-corrected chi connectivity index (χ4v) is 3.15. The van der Waals surface area contributed by atoms with Gasteiger partial charge in [0.2, 0.25) is 5.91 Å². The molecule has 144 valence electrons. The Balaban J connectivity index is 1.74. The van der Waals surface area contributed by atoms with Gasteiger partial charge in [0.05, 0.1) is 4.92 Å². The van der Waals surface area contributed by atoms with Gasteiger partial charge in [-0.05, 0) is 42.7 Å². The zero-order valence-corrected chi connectivity index (χ0v) is 15.8. The molecule has 0 aliphatic carbocycles. The predicted molar refractivity (Wildman–Crippen MR) is 106 cm³/mol. The minimum absolute atomic E-state index is 0.0437. The lowest BCUT2D eigenvalue weighted by molar-refractivity contribution is -0.384. The van der Waals surface area contributed by atoms with E-state index < -0.39 is 4.92 Å². The first-order chi connectivity index (χ1) is 13.4. The summed E-state index contributed by atoms with van der Waals surface area (Å²) < 4.78 is 0. The van der Waals surface area contributed by atoms with Gasteiger partial charge in [0.25, 0.3) is 5.69 Å². The van der Waals surface area contributed by atoms with E-state index in [-0.39, 0.29) is 29.8 Å². The smallest absolute Gasteiger partial charge is 0.269 e. The molecule has 1 aliphatic rings. The van der Waals surface area contributed by atoms with E-state index in [2.05, 4.69) is 10.3 Å². The van der Waals surface area contributed by atoms with Crippen LogP contribution in [0.25, 0.3) is 0 Å². The van der Waals surface area contributed by atoms with Gasteiger partial charge in [-0.3, -0.25) is 24.7 Å². The average molecular weight is 379 g/mol. The molecular formula is C21H21N3O4. The summed E-state index contributed by atoms with van der Waals surface area (Å²) in [5.41, 5.74) is 2.99. The quantitative estimate of drug-likeness (QED) is 0.453. The lowest BCUT2D eigenvalue weighted by atomic mass is 9.97. The highest BCUT2D eigenvalue weighted by Crippen LogP contribution is 2.19. The van der Waals surface area contributed by atoms with Crippen molar-refractivity contribution in [1.29, 1.82) is 0 Å². The largest absolute Gasteiger partial charge is 0.309 e. The van der Waals surface area contributed by atoms with Crippen LogP contribution >= 0.6 is 0 Å². The Kier molecular flexibility index (Phi) is 5.63. The second kappa shape index (κ2) is 8.12. The van der Waals surface area contributed by atoms with Crippen LogP contribution in [0.3, 0.4) is 0 Å². The number of non-ortho nitro benzene ring substituents is 1. The highest BCUT2D eigenvalue weighted by atomic mass is 16.6. The van der Waals surface area contributed by atoms with Crippen LogP contribution < -0.4 is 5.32 Å². The normalized spacial score (nSPS) is 15.9. The number of aliphatic imine (C=N–C) groups is 1. The van der Waals surface area contributed by atoms with E-state index in [1.165, 1.54) is 24.3 Å². The minimum Gasteiger partial charge on any atom is -0.309 e. The Morgan fingerprint density at radius 1 is 1.21 bits per heavy atom. The molecule has 0 fully saturated rings. The van der Waals surface area contributed by atoms with Crippen LogP contribution in [0, 0.1) is 17.0 Å². The second-order valence-corrected chi connectivity index (χ2v) is 6.82. The number of hydrogen-bond acceptors (Lipinski definition) is 5. The van der Waals surface area contributed by atoms with Crippen LogP contribution in [0.1, 0.15) is 46.8 Å². The molecule has 0 aromatic heterocycles. The van der Waals surface area contributed by atoms with E-state index in [1.54, 1.807) is 0 Å². The summed E-state index contributed by atoms with van der Waals surface area (Å²) in [6.07, 6.45) is 1.80. The fraction of sp³-hybridized carbons (Fsp3) is 0.286. The second-order valence-electron chi connectivity index (χ2n) is 6.82. The summed E-state index contributed by atoms with van der Waals surface area (Å²) in [6.45, 7) is 3.92. The number of nitro groups is 1. The van der Waals surface area contributed by atoms with E-state index >= 15 is 0 Å². The van der Waals surface area contributed by atoms with Crippen molar-refractivity contribution in [2.75, 3.05) is 0 Å². The number of Topliss-reactive ketones (excluding diaryl/α,β-unsaturated/α-hetero) is 1. The Hall–Kier alpha value is -3.35. The first-order valence-corrected chi connectivity index (χ1v) is 9.15. The number of rotatable bonds is 7. The third-order valence-electron chi connectivity index (χ3n) is 4.76. The van der Waals surface area contributed by atoms with Crippen LogP contribution in [0.5, 0.6) is 0 Å². The van der Waals surface area contributed by atoms with Gasteiger partial charge >= 0.3 is 0 Å². The van der Waals surface area contributed by atoms with Gasteiger partial charge in [0.15, 0.2) is 5.78 Å². The Morgan fingerprint density at radius 3 is 2.54 bits per heavy atom. The van der Waals surface area contributed by atoms with Crippen molar-refractivity contribution in [2.45, 2.75) is 39.2 Å². The van der Waals surface area contributed by atoms with Crippen LogP contribution in [-0.4, -0.2) is 28.5 Å². The van der Waals surface area contributed by atoms with E-state index in [9.17, 15) is 19.7 Å². The van der Waals surface area contributed by atoms with Gasteiger partial charge in [-0.1, -0.05) is 25.5 Å². The van der Waals surface area contributed by atoms with Gasteiger partial charge in [-0.15, -0.1) is 0 Å². The average Bonchev–Trinajstić information content (AvgIpc) is 3.04. The van der Waals surface area contributed by atoms with Gasteiger partial charge in [0.1, 0.15) is 11.9 Å². The molecule has 2 aromatic rings. The van der Waals surface area contributed by atoms with E-state index in [1.807, 2.05) is 32.0 Å². The van der Waals surface area contributed by atoms with Crippen molar-refractivity contribution >= 4 is 23.2 Å². The number of nitrogens with one attached hydrogen (secondary N) is 1. The lowest BCUT2D eigenvalue weighted by Gasteiger charge is -2.08. The summed E-state index contributed by atoms with van der Waals surface area (Å²) >= 11 is 0. The number of aryl methyl sites for hydroxylation is 1. The summed E-state index contributed by atoms with van der Waals surface area (Å²) in [5.74, 6) is 0.381. The van der Waals surface area contributed by atoms with Gasteiger partial charge < -0.3 is 5.32 Å². The van der Waals surface area contributed by atoms with Crippen molar-refractivity contribution in [3.63, 3.8) is 0 Å². The summed E-state index contributed by atoms with van der Waals surface area (Å²) in [5, 5.41) is 13.5. The highest BCUT2D eigenvalue weighted by molar-refractivity contribution is 6.13. The molecule has 1 amide bonds. The molecular weight excluding hydrogens is 358 g/mol. The third-order valence-corrected chi connectivity index (χ3v) is 4.76. The van der Waals surface area contributed by atoms with Gasteiger partial charge in [-0.25, -0.2) is 0 Å². The Labute approximate surface area is 162 Å². The maximum Gasteiger partial charge on any atom is 0.269 e. The van der Waals surface area contributed by atoms with Gasteiger partial charge in [0, 0.05) is 29.7 Å². The van der Waals surface area contributed by atoms with Crippen molar-refractivity contribution in [2.24, 2.45) is 4.99 Å². The molecule has 1 atom stereocenters. The third kappa shape index (κ3) is 4.14. The molecule has 1 N–H and O–H groups in total. The minimum atomic E-state index is -0.493. The standard InChI is InChI=1S/C21H21N3O4/c1-3-4-18-21(26)23-20(22-18)16-6-5-15(13(2)11-16)12-19(25)14-7-9-17(10-8-14)24(27)28/h5-11,18H,3-4,12H2,1-2H3,(H,22,23,26). The number of nitro benzene ring substituents is 1. The van der Waals surface area contributed by atoms with Crippen LogP contribution in [0.4, 0.5) is 5.69 Å². The van der Waals surface area contributed by atoms with Crippen LogP contribution in [0.15, 0.2) is 47.5 Å². The van der Waals surface area contributed by atoms with Crippen molar-refractivity contribution in [3.8, 4) is 0 Å². The highest BCUT2D eigenvalue weighted by Gasteiger charge is 2.26. The summed E-state index contributed by atoms with van der Waals surface area (Å²) in [4.78, 5) is 39.1. The Morgan fingerprint density at radius 2 is 1.93 bits per heavy atom. The van der Waals surface area contributed by atoms with Crippen LogP contribution in [-0.2, 0) is 11.2 Å². The molecule has 1 aliphatic heterocycles. The summed E-state index contributed by atoms with van der Waals surface area (Å²) in [7, 11) is 0. The Bertz CT molecular complexity index is 964. The zero-order valence-electron chi connectivity index (χ0n) is 15.8. The number of amides is 1. The van der Waals surface area contributed by atoms with E-state index in [4.69, 9.17) is 0 Å². The van der Waals surface area contributed by atoms with Crippen molar-refractivity contribution < 1.29 is 14.5 Å². The number of carbonyl (C=O) groups excluding carboxylic acids is 2. The lowest BCUT2D eigenvalue weighted by Crippen LogP contribution is -2.29. The SMILES string of the molecule is CCCC1N=C(c2ccc(CC(=O)c3ccc([N+](=O)[O-])cc3)c(C)c2)NC1=O. The van der Waals surface area contributed by atoms with Crippen molar-refractivity contribution in [1.82, 2.24) is 5.32 Å². The topological polar surface area (TPSA) is 102 Å². The number of hydrogen-bond donors (Lipinski definition) is 1. The molecule has 1 unspecified atom stereocenters. The molecule has 3 rings (SSSR count). The molecule has 28 heavy (non-hydrogen) atoms. The fourth-order valence-electron chi connectivity index (χ4n) is 3.15. The zero-order chi connectivity index (χ0) is 20.3. The number of nitrogens with zero attached hydrogens (tertiary/aromatic N) is 2. The molecule has 0 saturated heterocycles. The monoisotopic (exact) mass is 379 g/mol. The molecule has 7 nitrogen and oxygen atoms in total. The van der Waals surface area contributed by atoms with Crippen molar-refractivity contribution in [3.05, 3.63) is 74.8 Å². The molecule has 0 bridgehead atoms. The molecule has 1 heterocycles. The van der Waals surface area contributed by atoms with E-state index in [0.29, 0.717) is 11.4 Å². The van der Waals surface area contributed by atoms with E-state index in [0.717, 1.165) is 29.5 Å². The first-order valence-electron chi connectivity index (χ1n) is 9.15. The number of carbonyl (C=O) groups is 2. The predicted octanol–water partition coefficient (Wildman–Crippen LogP) is 3.37. The number of ketones is 1. The molecule has 0 spiro atoms. The maximum atomic E-state index is 12.5.